The number of benzene rings is 3. The third-order valence-corrected chi connectivity index (χ3v) is 6.12. The topological polar surface area (TPSA) is 119 Å². The first-order chi connectivity index (χ1) is 16.5. The maximum Gasteiger partial charge on any atom is 0.255 e. The lowest BCUT2D eigenvalue weighted by Gasteiger charge is -2.15. The van der Waals surface area contributed by atoms with Gasteiger partial charge in [-0.3, -0.25) is 14.6 Å². The molecule has 0 bridgehead atoms. The van der Waals surface area contributed by atoms with Gasteiger partial charge in [-0.1, -0.05) is 6.07 Å². The number of fused-ring (bicyclic) bond motifs is 2. The van der Waals surface area contributed by atoms with Crippen molar-refractivity contribution in [1.82, 2.24) is 9.97 Å². The molecule has 0 aliphatic heterocycles. The van der Waals surface area contributed by atoms with E-state index in [2.05, 4.69) is 20.6 Å². The molecule has 8 nitrogen and oxygen atoms in total. The lowest BCUT2D eigenvalue weighted by atomic mass is 10.0. The number of hydrogen-bond donors (Lipinski definition) is 3. The first kappa shape index (κ1) is 21.4. The van der Waals surface area contributed by atoms with Gasteiger partial charge >= 0.3 is 0 Å². The number of thiazole rings is 1. The van der Waals surface area contributed by atoms with Crippen molar-refractivity contribution in [3.8, 4) is 5.75 Å². The standard InChI is InChI=1S/C25H19N5O3S/c1-33-17-4-2-3-15(10-17)29-23-18-9-14(5-7-20(18)27-12-19(23)24(26)31)25(32)30-16-6-8-21-22(11-16)34-13-28-21/h2-13H,1H3,(H2,26,31)(H,27,29)(H,30,32). The van der Waals surface area contributed by atoms with Crippen LogP contribution in [0.25, 0.3) is 21.1 Å². The van der Waals surface area contributed by atoms with Crippen molar-refractivity contribution < 1.29 is 14.3 Å². The van der Waals surface area contributed by atoms with Crippen LogP contribution in [0, 0.1) is 0 Å². The predicted octanol–water partition coefficient (Wildman–Crippen LogP) is 4.95. The van der Waals surface area contributed by atoms with Crippen molar-refractivity contribution in [1.29, 1.82) is 0 Å². The molecule has 0 fully saturated rings. The van der Waals surface area contributed by atoms with E-state index in [1.807, 2.05) is 36.4 Å². The van der Waals surface area contributed by atoms with Crippen molar-refractivity contribution in [2.45, 2.75) is 0 Å². The van der Waals surface area contributed by atoms with Gasteiger partial charge in [0.15, 0.2) is 0 Å². The second kappa shape index (κ2) is 8.80. The lowest BCUT2D eigenvalue weighted by Crippen LogP contribution is -2.15. The number of methoxy groups -OCH3 is 1. The minimum Gasteiger partial charge on any atom is -0.497 e. The van der Waals surface area contributed by atoms with Gasteiger partial charge in [0, 0.05) is 34.6 Å². The molecule has 2 heterocycles. The Hall–Kier alpha value is -4.50. The van der Waals surface area contributed by atoms with Crippen molar-refractivity contribution >= 4 is 61.3 Å². The summed E-state index contributed by atoms with van der Waals surface area (Å²) in [4.78, 5) is 33.8. The molecule has 0 aliphatic carbocycles. The van der Waals surface area contributed by atoms with Gasteiger partial charge in [0.25, 0.3) is 11.8 Å². The minimum atomic E-state index is -0.632. The molecule has 2 amide bonds. The molecule has 3 aromatic carbocycles. The van der Waals surface area contributed by atoms with E-state index in [4.69, 9.17) is 10.5 Å². The molecule has 0 saturated heterocycles. The Kier molecular flexibility index (Phi) is 5.52. The van der Waals surface area contributed by atoms with Crippen LogP contribution in [-0.4, -0.2) is 28.9 Å². The number of rotatable bonds is 6. The molecule has 5 aromatic rings. The molecule has 168 valence electrons. The Bertz CT molecular complexity index is 1560. The number of carbonyl (C=O) groups excluding carboxylic acids is 2. The molecule has 0 aliphatic rings. The fourth-order valence-electron chi connectivity index (χ4n) is 3.64. The summed E-state index contributed by atoms with van der Waals surface area (Å²) < 4.78 is 6.27. The Morgan fingerprint density at radius 1 is 0.971 bits per heavy atom. The third-order valence-electron chi connectivity index (χ3n) is 5.32. The Balaban J connectivity index is 1.54. The van der Waals surface area contributed by atoms with Crippen molar-refractivity contribution in [3.63, 3.8) is 0 Å². The maximum absolute atomic E-state index is 13.0. The second-order valence-electron chi connectivity index (χ2n) is 7.49. The van der Waals surface area contributed by atoms with Gasteiger partial charge in [-0.25, -0.2) is 4.98 Å². The van der Waals surface area contributed by atoms with E-state index in [0.717, 1.165) is 10.2 Å². The summed E-state index contributed by atoms with van der Waals surface area (Å²) in [6.07, 6.45) is 1.43. The molecule has 34 heavy (non-hydrogen) atoms. The van der Waals surface area contributed by atoms with Crippen LogP contribution < -0.4 is 21.1 Å². The molecule has 0 unspecified atom stereocenters. The number of nitrogens with zero attached hydrogens (tertiary/aromatic N) is 2. The first-order valence-corrected chi connectivity index (χ1v) is 11.2. The van der Waals surface area contributed by atoms with Crippen molar-refractivity contribution in [2.75, 3.05) is 17.7 Å². The molecule has 4 N–H and O–H groups in total. The van der Waals surface area contributed by atoms with E-state index in [1.54, 1.807) is 36.9 Å². The average Bonchev–Trinajstić information content (AvgIpc) is 3.32. The summed E-state index contributed by atoms with van der Waals surface area (Å²) in [6.45, 7) is 0. The van der Waals surface area contributed by atoms with Crippen molar-refractivity contribution in [3.05, 3.63) is 83.5 Å². The minimum absolute atomic E-state index is 0.212. The highest BCUT2D eigenvalue weighted by molar-refractivity contribution is 7.16. The number of nitrogens with one attached hydrogen (secondary N) is 2. The molecule has 9 heteroatoms. The number of nitrogens with two attached hydrogens (primary N) is 1. The highest BCUT2D eigenvalue weighted by Crippen LogP contribution is 2.31. The van der Waals surface area contributed by atoms with Gasteiger partial charge in [-0.2, -0.15) is 0 Å². The van der Waals surface area contributed by atoms with Crippen LogP contribution >= 0.6 is 11.3 Å². The third kappa shape index (κ3) is 4.12. The number of hydrogen-bond acceptors (Lipinski definition) is 7. The SMILES string of the molecule is COc1cccc(Nc2c(C(N)=O)cnc3ccc(C(=O)Nc4ccc5ncsc5c4)cc23)c1. The zero-order chi connectivity index (χ0) is 23.7. The molecule has 0 atom stereocenters. The second-order valence-corrected chi connectivity index (χ2v) is 8.38. The Morgan fingerprint density at radius 2 is 1.82 bits per heavy atom. The summed E-state index contributed by atoms with van der Waals surface area (Å²) >= 11 is 1.50. The summed E-state index contributed by atoms with van der Waals surface area (Å²) in [5.41, 5.74) is 11.3. The maximum atomic E-state index is 13.0. The van der Waals surface area contributed by atoms with Gasteiger partial charge in [0.2, 0.25) is 0 Å². The van der Waals surface area contributed by atoms with Gasteiger partial charge < -0.3 is 21.1 Å². The summed E-state index contributed by atoms with van der Waals surface area (Å²) in [5.74, 6) is -0.267. The monoisotopic (exact) mass is 469 g/mol. The highest BCUT2D eigenvalue weighted by atomic mass is 32.1. The quantitative estimate of drug-likeness (QED) is 0.324. The van der Waals surface area contributed by atoms with E-state index in [-0.39, 0.29) is 11.5 Å². The highest BCUT2D eigenvalue weighted by Gasteiger charge is 2.16. The largest absolute Gasteiger partial charge is 0.497 e. The lowest BCUT2D eigenvalue weighted by molar-refractivity contribution is 0.0998. The normalized spacial score (nSPS) is 10.9. The summed E-state index contributed by atoms with van der Waals surface area (Å²) in [7, 11) is 1.58. The molecular weight excluding hydrogens is 450 g/mol. The van der Waals surface area contributed by atoms with Crippen LogP contribution in [0.3, 0.4) is 0 Å². The summed E-state index contributed by atoms with van der Waals surface area (Å²) in [5, 5.41) is 6.75. The first-order valence-electron chi connectivity index (χ1n) is 10.3. The zero-order valence-corrected chi connectivity index (χ0v) is 18.8. The van der Waals surface area contributed by atoms with Crippen molar-refractivity contribution in [2.24, 2.45) is 5.73 Å². The number of ether oxygens (including phenoxy) is 1. The fourth-order valence-corrected chi connectivity index (χ4v) is 4.35. The molecule has 5 rings (SSSR count). The molecule has 2 aromatic heterocycles. The van der Waals surface area contributed by atoms with Crippen LogP contribution in [0.1, 0.15) is 20.7 Å². The van der Waals surface area contributed by atoms with E-state index in [0.29, 0.717) is 39.3 Å². The van der Waals surface area contributed by atoms with Gasteiger partial charge in [0.1, 0.15) is 5.75 Å². The van der Waals surface area contributed by atoms with E-state index < -0.39 is 5.91 Å². The summed E-state index contributed by atoms with van der Waals surface area (Å²) in [6, 6.07) is 17.9. The zero-order valence-electron chi connectivity index (χ0n) is 18.0. The van der Waals surface area contributed by atoms with Crippen LogP contribution in [0.2, 0.25) is 0 Å². The molecule has 0 radical (unpaired) electrons. The molecule has 0 spiro atoms. The molecule has 0 saturated carbocycles. The molecular formula is C25H19N5O3S. The average molecular weight is 470 g/mol. The Morgan fingerprint density at radius 3 is 2.65 bits per heavy atom. The number of pyridine rings is 1. The Labute approximate surface area is 198 Å². The van der Waals surface area contributed by atoms with Crippen LogP contribution in [0.4, 0.5) is 17.1 Å². The number of anilines is 3. The number of carbonyl (C=O) groups is 2. The van der Waals surface area contributed by atoms with E-state index >= 15 is 0 Å². The fraction of sp³-hybridized carbons (Fsp3) is 0.0400. The smallest absolute Gasteiger partial charge is 0.255 e. The number of aromatic nitrogens is 2. The van der Waals surface area contributed by atoms with Gasteiger partial charge in [0.05, 0.1) is 39.6 Å². The van der Waals surface area contributed by atoms with E-state index in [1.165, 1.54) is 17.5 Å². The van der Waals surface area contributed by atoms with Gasteiger partial charge in [-0.15, -0.1) is 11.3 Å². The van der Waals surface area contributed by atoms with Crippen LogP contribution in [0.5, 0.6) is 5.75 Å². The van der Waals surface area contributed by atoms with Crippen LogP contribution in [0.15, 0.2) is 72.4 Å². The van der Waals surface area contributed by atoms with E-state index in [9.17, 15) is 9.59 Å². The number of primary amides is 1. The number of amides is 2. The predicted molar refractivity (Wildman–Crippen MR) is 134 cm³/mol. The van der Waals surface area contributed by atoms with Crippen LogP contribution in [-0.2, 0) is 0 Å². The van der Waals surface area contributed by atoms with Gasteiger partial charge in [-0.05, 0) is 48.5 Å².